The van der Waals surface area contributed by atoms with Gasteiger partial charge in [-0.25, -0.2) is 4.39 Å². The van der Waals surface area contributed by atoms with Crippen LogP contribution in [0.5, 0.6) is 0 Å². The summed E-state index contributed by atoms with van der Waals surface area (Å²) in [5, 5.41) is 22.3. The van der Waals surface area contributed by atoms with E-state index in [1.807, 2.05) is 0 Å². The van der Waals surface area contributed by atoms with Crippen LogP contribution in [0.3, 0.4) is 0 Å². The molecule has 2 rings (SSSR count). The van der Waals surface area contributed by atoms with E-state index in [4.69, 9.17) is 5.26 Å². The van der Waals surface area contributed by atoms with E-state index < -0.39 is 16.6 Å². The molecule has 6 nitrogen and oxygen atoms in total. The van der Waals surface area contributed by atoms with Gasteiger partial charge in [-0.2, -0.15) is 5.26 Å². The Morgan fingerprint density at radius 2 is 1.96 bits per heavy atom. The normalized spacial score (nSPS) is 10.7. The van der Waals surface area contributed by atoms with Crippen LogP contribution >= 0.6 is 0 Å². The lowest BCUT2D eigenvalue weighted by Crippen LogP contribution is -2.13. The van der Waals surface area contributed by atoms with E-state index in [-0.39, 0.29) is 11.3 Å². The predicted molar refractivity (Wildman–Crippen MR) is 81.7 cm³/mol. The van der Waals surface area contributed by atoms with E-state index in [9.17, 15) is 19.3 Å². The number of carbonyl (C=O) groups excluding carboxylic acids is 1. The van der Waals surface area contributed by atoms with Crippen molar-refractivity contribution in [2.75, 3.05) is 5.32 Å². The number of carbonyl (C=O) groups is 1. The summed E-state index contributed by atoms with van der Waals surface area (Å²) in [5.74, 6) is -1.14. The van der Waals surface area contributed by atoms with Crippen LogP contribution in [0.15, 0.2) is 54.1 Å². The van der Waals surface area contributed by atoms with Crippen LogP contribution in [0, 0.1) is 27.3 Å². The first-order valence-corrected chi connectivity index (χ1v) is 6.43. The minimum Gasteiger partial charge on any atom is -0.321 e. The highest BCUT2D eigenvalue weighted by Gasteiger charge is 2.11. The summed E-state index contributed by atoms with van der Waals surface area (Å²) < 4.78 is 12.8. The minimum atomic E-state index is -0.689. The summed E-state index contributed by atoms with van der Waals surface area (Å²) in [6.45, 7) is 0. The van der Waals surface area contributed by atoms with Crippen LogP contribution in [-0.2, 0) is 4.79 Å². The molecule has 0 atom stereocenters. The lowest BCUT2D eigenvalue weighted by atomic mass is 10.1. The molecule has 114 valence electrons. The number of nitro groups is 1. The molecule has 0 unspecified atom stereocenters. The number of hydrogen-bond acceptors (Lipinski definition) is 4. The highest BCUT2D eigenvalue weighted by molar-refractivity contribution is 6.09. The molecule has 0 saturated carbocycles. The van der Waals surface area contributed by atoms with Gasteiger partial charge >= 0.3 is 0 Å². The van der Waals surface area contributed by atoms with Crippen molar-refractivity contribution in [1.29, 1.82) is 5.26 Å². The summed E-state index contributed by atoms with van der Waals surface area (Å²) in [7, 11) is 0. The maximum Gasteiger partial charge on any atom is 0.270 e. The number of amides is 1. The molecule has 7 heteroatoms. The standard InChI is InChI=1S/C16H10FN3O3/c17-13-4-6-14(7-5-13)19-16(21)12(10-18)8-11-2-1-3-15(9-11)20(22)23/h1-9H,(H,19,21)/b12-8+. The molecular weight excluding hydrogens is 301 g/mol. The average molecular weight is 311 g/mol. The molecule has 0 aliphatic carbocycles. The second-order valence-corrected chi connectivity index (χ2v) is 4.48. The van der Waals surface area contributed by atoms with E-state index in [0.717, 1.165) is 0 Å². The molecule has 0 aliphatic heterocycles. The van der Waals surface area contributed by atoms with Crippen molar-refractivity contribution in [2.45, 2.75) is 0 Å². The van der Waals surface area contributed by atoms with Crippen LogP contribution in [0.25, 0.3) is 6.08 Å². The number of benzene rings is 2. The number of nitriles is 1. The Balaban J connectivity index is 2.23. The van der Waals surface area contributed by atoms with E-state index in [1.54, 1.807) is 6.07 Å². The molecule has 0 heterocycles. The Kier molecular flexibility index (Phi) is 4.79. The van der Waals surface area contributed by atoms with E-state index in [1.165, 1.54) is 54.6 Å². The Bertz CT molecular complexity index is 823. The molecule has 0 bridgehead atoms. The molecule has 2 aromatic carbocycles. The maximum absolute atomic E-state index is 12.8. The first kappa shape index (κ1) is 15.9. The first-order valence-electron chi connectivity index (χ1n) is 6.43. The quantitative estimate of drug-likeness (QED) is 0.405. The number of nitrogens with zero attached hydrogens (tertiary/aromatic N) is 2. The van der Waals surface area contributed by atoms with Crippen LogP contribution in [0.2, 0.25) is 0 Å². The molecule has 0 saturated heterocycles. The highest BCUT2D eigenvalue weighted by atomic mass is 19.1. The third kappa shape index (κ3) is 4.22. The molecule has 0 fully saturated rings. The van der Waals surface area contributed by atoms with Crippen molar-refractivity contribution < 1.29 is 14.1 Å². The lowest BCUT2D eigenvalue weighted by Gasteiger charge is -2.04. The minimum absolute atomic E-state index is 0.144. The van der Waals surface area contributed by atoms with Gasteiger partial charge in [-0.15, -0.1) is 0 Å². The third-order valence-corrected chi connectivity index (χ3v) is 2.86. The Morgan fingerprint density at radius 3 is 2.57 bits per heavy atom. The summed E-state index contributed by atoms with van der Waals surface area (Å²) >= 11 is 0. The number of anilines is 1. The smallest absolute Gasteiger partial charge is 0.270 e. The van der Waals surface area contributed by atoms with Gasteiger partial charge in [0.05, 0.1) is 4.92 Å². The molecule has 0 spiro atoms. The second-order valence-electron chi connectivity index (χ2n) is 4.48. The lowest BCUT2D eigenvalue weighted by molar-refractivity contribution is -0.384. The van der Waals surface area contributed by atoms with Crippen LogP contribution < -0.4 is 5.32 Å². The number of hydrogen-bond donors (Lipinski definition) is 1. The van der Waals surface area contributed by atoms with Gasteiger partial charge in [0, 0.05) is 17.8 Å². The van der Waals surface area contributed by atoms with Crippen molar-refractivity contribution in [2.24, 2.45) is 0 Å². The van der Waals surface area contributed by atoms with Gasteiger partial charge in [0.15, 0.2) is 0 Å². The van der Waals surface area contributed by atoms with E-state index in [0.29, 0.717) is 11.3 Å². The molecule has 0 aromatic heterocycles. The number of rotatable bonds is 4. The van der Waals surface area contributed by atoms with Crippen molar-refractivity contribution in [1.82, 2.24) is 0 Å². The number of non-ortho nitro benzene ring substituents is 1. The predicted octanol–water partition coefficient (Wildman–Crippen LogP) is 3.28. The van der Waals surface area contributed by atoms with Gasteiger partial charge in [0.1, 0.15) is 17.5 Å². The zero-order chi connectivity index (χ0) is 16.8. The molecular formula is C16H10FN3O3. The SMILES string of the molecule is N#C/C(=C\c1cccc([N+](=O)[O-])c1)C(=O)Nc1ccc(F)cc1. The van der Waals surface area contributed by atoms with Crippen LogP contribution in [0.1, 0.15) is 5.56 Å². The monoisotopic (exact) mass is 311 g/mol. The first-order chi connectivity index (χ1) is 11.0. The van der Waals surface area contributed by atoms with Gasteiger partial charge in [-0.3, -0.25) is 14.9 Å². The Morgan fingerprint density at radius 1 is 1.26 bits per heavy atom. The fraction of sp³-hybridized carbons (Fsp3) is 0. The van der Waals surface area contributed by atoms with Crippen LogP contribution in [-0.4, -0.2) is 10.8 Å². The average Bonchev–Trinajstić information content (AvgIpc) is 2.55. The largest absolute Gasteiger partial charge is 0.321 e. The van der Waals surface area contributed by atoms with Gasteiger partial charge < -0.3 is 5.32 Å². The number of halogens is 1. The number of nitro benzene ring substituents is 1. The molecule has 0 aliphatic rings. The second kappa shape index (κ2) is 6.95. The zero-order valence-corrected chi connectivity index (χ0v) is 11.7. The summed E-state index contributed by atoms with van der Waals surface area (Å²) in [6.07, 6.45) is 1.24. The number of nitrogens with one attached hydrogen (secondary N) is 1. The maximum atomic E-state index is 12.8. The third-order valence-electron chi connectivity index (χ3n) is 2.86. The summed E-state index contributed by atoms with van der Waals surface area (Å²) in [6, 6.07) is 12.3. The fourth-order valence-electron chi connectivity index (χ4n) is 1.78. The zero-order valence-electron chi connectivity index (χ0n) is 11.7. The van der Waals surface area contributed by atoms with Crippen molar-refractivity contribution >= 4 is 23.4 Å². The summed E-state index contributed by atoms with van der Waals surface area (Å²) in [5.41, 5.74) is 0.311. The molecule has 1 amide bonds. The Labute approximate surface area is 130 Å². The topological polar surface area (TPSA) is 96.0 Å². The summed E-state index contributed by atoms with van der Waals surface area (Å²) in [4.78, 5) is 22.2. The molecule has 2 aromatic rings. The van der Waals surface area contributed by atoms with Crippen molar-refractivity contribution in [3.63, 3.8) is 0 Å². The van der Waals surface area contributed by atoms with Crippen molar-refractivity contribution in [3.8, 4) is 6.07 Å². The molecule has 1 N–H and O–H groups in total. The fourth-order valence-corrected chi connectivity index (χ4v) is 1.78. The van der Waals surface area contributed by atoms with Crippen molar-refractivity contribution in [3.05, 3.63) is 75.6 Å². The van der Waals surface area contributed by atoms with E-state index in [2.05, 4.69) is 5.32 Å². The Hall–Kier alpha value is -3.53. The van der Waals surface area contributed by atoms with Gasteiger partial charge in [-0.05, 0) is 35.9 Å². The van der Waals surface area contributed by atoms with Crippen LogP contribution in [0.4, 0.5) is 15.8 Å². The highest BCUT2D eigenvalue weighted by Crippen LogP contribution is 2.16. The van der Waals surface area contributed by atoms with Gasteiger partial charge in [-0.1, -0.05) is 12.1 Å². The van der Waals surface area contributed by atoms with E-state index >= 15 is 0 Å². The van der Waals surface area contributed by atoms with Gasteiger partial charge in [0.2, 0.25) is 0 Å². The van der Waals surface area contributed by atoms with Gasteiger partial charge in [0.25, 0.3) is 11.6 Å². The molecule has 23 heavy (non-hydrogen) atoms. The molecule has 0 radical (unpaired) electrons.